The zero-order chi connectivity index (χ0) is 15.8. The highest BCUT2D eigenvalue weighted by Crippen LogP contribution is 2.12. The molecule has 0 heterocycles. The number of aliphatic carboxylic acids is 1. The first-order chi connectivity index (χ1) is 9.92. The van der Waals surface area contributed by atoms with Crippen LogP contribution in [0.3, 0.4) is 0 Å². The second-order valence-electron chi connectivity index (χ2n) is 5.44. The molecule has 0 saturated heterocycles. The molecule has 1 aromatic rings. The third kappa shape index (κ3) is 6.29. The Morgan fingerprint density at radius 2 is 1.86 bits per heavy atom. The Bertz CT molecular complexity index is 468. The summed E-state index contributed by atoms with van der Waals surface area (Å²) >= 11 is 0. The summed E-state index contributed by atoms with van der Waals surface area (Å²) in [6, 6.07) is 6.66. The fourth-order valence-corrected chi connectivity index (χ4v) is 2.01. The molecule has 1 rings (SSSR count). The monoisotopic (exact) mass is 293 g/mol. The minimum Gasteiger partial charge on any atom is -0.497 e. The molecule has 116 valence electrons. The molecule has 0 fully saturated rings. The minimum absolute atomic E-state index is 0.216. The molecule has 0 spiro atoms. The van der Waals surface area contributed by atoms with E-state index < -0.39 is 12.0 Å². The average Bonchev–Trinajstić information content (AvgIpc) is 2.44. The molecule has 2 N–H and O–H groups in total. The molecular formula is C16H23NO4. The lowest BCUT2D eigenvalue weighted by Crippen LogP contribution is -2.41. The third-order valence-corrected chi connectivity index (χ3v) is 3.14. The summed E-state index contributed by atoms with van der Waals surface area (Å²) in [4.78, 5) is 22.9. The Morgan fingerprint density at radius 1 is 1.24 bits per heavy atom. The number of carboxylic acids is 1. The van der Waals surface area contributed by atoms with Crippen LogP contribution in [-0.4, -0.2) is 30.1 Å². The van der Waals surface area contributed by atoms with E-state index in [1.165, 1.54) is 0 Å². The van der Waals surface area contributed by atoms with E-state index in [9.17, 15) is 9.59 Å². The lowest BCUT2D eigenvalue weighted by atomic mass is 10.0. The normalized spacial score (nSPS) is 12.0. The number of carboxylic acid groups (broad SMARTS) is 1. The summed E-state index contributed by atoms with van der Waals surface area (Å²) in [6.45, 7) is 3.86. The van der Waals surface area contributed by atoms with Gasteiger partial charge in [0.25, 0.3) is 0 Å². The van der Waals surface area contributed by atoms with E-state index in [-0.39, 0.29) is 18.2 Å². The van der Waals surface area contributed by atoms with Crippen LogP contribution in [0.15, 0.2) is 24.3 Å². The van der Waals surface area contributed by atoms with Gasteiger partial charge in [0.2, 0.25) is 5.91 Å². The predicted octanol–water partition coefficient (Wildman–Crippen LogP) is 2.24. The van der Waals surface area contributed by atoms with E-state index in [0.29, 0.717) is 12.8 Å². The number of carbonyl (C=O) groups is 2. The average molecular weight is 293 g/mol. The number of benzene rings is 1. The van der Waals surface area contributed by atoms with Gasteiger partial charge in [0.1, 0.15) is 11.8 Å². The van der Waals surface area contributed by atoms with E-state index in [4.69, 9.17) is 9.84 Å². The van der Waals surface area contributed by atoms with Crippen LogP contribution in [0.5, 0.6) is 5.75 Å². The maximum Gasteiger partial charge on any atom is 0.326 e. The van der Waals surface area contributed by atoms with Crippen molar-refractivity contribution in [2.45, 2.75) is 39.2 Å². The molecule has 1 atom stereocenters. The van der Waals surface area contributed by atoms with E-state index in [2.05, 4.69) is 5.32 Å². The number of amides is 1. The fourth-order valence-electron chi connectivity index (χ4n) is 2.01. The lowest BCUT2D eigenvalue weighted by molar-refractivity contribution is -0.142. The van der Waals surface area contributed by atoms with Crippen LogP contribution in [0.4, 0.5) is 0 Å². The number of aryl methyl sites for hydroxylation is 1. The van der Waals surface area contributed by atoms with Gasteiger partial charge in [-0.2, -0.15) is 0 Å². The Balaban J connectivity index is 2.46. The summed E-state index contributed by atoms with van der Waals surface area (Å²) in [5.41, 5.74) is 1.02. The maximum atomic E-state index is 11.8. The number of rotatable bonds is 8. The molecule has 0 aromatic heterocycles. The largest absolute Gasteiger partial charge is 0.497 e. The van der Waals surface area contributed by atoms with E-state index >= 15 is 0 Å². The molecule has 1 unspecified atom stereocenters. The first-order valence-corrected chi connectivity index (χ1v) is 7.07. The molecule has 5 heteroatoms. The van der Waals surface area contributed by atoms with Crippen molar-refractivity contribution in [3.8, 4) is 5.75 Å². The van der Waals surface area contributed by atoms with Gasteiger partial charge in [0.15, 0.2) is 0 Å². The molecule has 0 radical (unpaired) electrons. The van der Waals surface area contributed by atoms with Crippen molar-refractivity contribution in [1.29, 1.82) is 0 Å². The van der Waals surface area contributed by atoms with Gasteiger partial charge in [-0.05, 0) is 36.5 Å². The zero-order valence-corrected chi connectivity index (χ0v) is 12.8. The van der Waals surface area contributed by atoms with Crippen molar-refractivity contribution in [2.24, 2.45) is 5.92 Å². The Labute approximate surface area is 125 Å². The first-order valence-electron chi connectivity index (χ1n) is 7.07. The van der Waals surface area contributed by atoms with Gasteiger partial charge >= 0.3 is 5.97 Å². The molecule has 0 aliphatic rings. The molecule has 0 aliphatic carbocycles. The highest BCUT2D eigenvalue weighted by atomic mass is 16.5. The van der Waals surface area contributed by atoms with Crippen molar-refractivity contribution >= 4 is 11.9 Å². The number of hydrogen-bond acceptors (Lipinski definition) is 3. The van der Waals surface area contributed by atoms with Crippen LogP contribution in [-0.2, 0) is 16.0 Å². The first kappa shape index (κ1) is 17.0. The molecule has 5 nitrogen and oxygen atoms in total. The molecule has 21 heavy (non-hydrogen) atoms. The summed E-state index contributed by atoms with van der Waals surface area (Å²) < 4.78 is 5.07. The SMILES string of the molecule is COc1ccc(CCC(=O)NC(CC(C)C)C(=O)O)cc1. The number of ether oxygens (including phenoxy) is 1. The topological polar surface area (TPSA) is 75.6 Å². The quantitative estimate of drug-likeness (QED) is 0.770. The predicted molar refractivity (Wildman–Crippen MR) is 80.3 cm³/mol. The minimum atomic E-state index is -0.985. The van der Waals surface area contributed by atoms with Gasteiger partial charge in [-0.25, -0.2) is 4.79 Å². The van der Waals surface area contributed by atoms with Crippen molar-refractivity contribution in [2.75, 3.05) is 7.11 Å². The molecule has 0 saturated carbocycles. The fraction of sp³-hybridized carbons (Fsp3) is 0.500. The number of nitrogens with one attached hydrogen (secondary N) is 1. The molecular weight excluding hydrogens is 270 g/mol. The number of carbonyl (C=O) groups excluding carboxylic acids is 1. The number of hydrogen-bond donors (Lipinski definition) is 2. The van der Waals surface area contributed by atoms with Gasteiger partial charge in [0.05, 0.1) is 7.11 Å². The van der Waals surface area contributed by atoms with Gasteiger partial charge in [0, 0.05) is 6.42 Å². The van der Waals surface area contributed by atoms with Crippen molar-refractivity contribution in [3.63, 3.8) is 0 Å². The van der Waals surface area contributed by atoms with E-state index in [1.54, 1.807) is 7.11 Å². The van der Waals surface area contributed by atoms with Crippen molar-refractivity contribution in [1.82, 2.24) is 5.32 Å². The van der Waals surface area contributed by atoms with Gasteiger partial charge in [-0.3, -0.25) is 4.79 Å². The number of methoxy groups -OCH3 is 1. The molecule has 0 aliphatic heterocycles. The zero-order valence-electron chi connectivity index (χ0n) is 12.8. The maximum absolute atomic E-state index is 11.8. The van der Waals surface area contributed by atoms with Crippen LogP contribution in [0.1, 0.15) is 32.3 Å². The summed E-state index contributed by atoms with van der Waals surface area (Å²) in [6.07, 6.45) is 1.28. The van der Waals surface area contributed by atoms with Gasteiger partial charge in [-0.15, -0.1) is 0 Å². The Morgan fingerprint density at radius 3 is 2.33 bits per heavy atom. The smallest absolute Gasteiger partial charge is 0.326 e. The van der Waals surface area contributed by atoms with Crippen LogP contribution in [0, 0.1) is 5.92 Å². The highest BCUT2D eigenvalue weighted by Gasteiger charge is 2.20. The highest BCUT2D eigenvalue weighted by molar-refractivity contribution is 5.83. The second kappa shape index (κ2) is 8.29. The van der Waals surface area contributed by atoms with Gasteiger partial charge < -0.3 is 15.2 Å². The van der Waals surface area contributed by atoms with Crippen LogP contribution >= 0.6 is 0 Å². The molecule has 1 aromatic carbocycles. The van der Waals surface area contributed by atoms with Gasteiger partial charge in [-0.1, -0.05) is 26.0 Å². The summed E-state index contributed by atoms with van der Waals surface area (Å²) in [5, 5.41) is 11.7. The van der Waals surface area contributed by atoms with Crippen molar-refractivity contribution in [3.05, 3.63) is 29.8 Å². The lowest BCUT2D eigenvalue weighted by Gasteiger charge is -2.16. The standard InChI is InChI=1S/C16H23NO4/c1-11(2)10-14(16(19)20)17-15(18)9-6-12-4-7-13(21-3)8-5-12/h4-5,7-8,11,14H,6,9-10H2,1-3H3,(H,17,18)(H,19,20). The Hall–Kier alpha value is -2.04. The van der Waals surface area contributed by atoms with Crippen LogP contribution < -0.4 is 10.1 Å². The van der Waals surface area contributed by atoms with E-state index in [0.717, 1.165) is 11.3 Å². The van der Waals surface area contributed by atoms with Crippen LogP contribution in [0.25, 0.3) is 0 Å². The third-order valence-electron chi connectivity index (χ3n) is 3.14. The van der Waals surface area contributed by atoms with Crippen molar-refractivity contribution < 1.29 is 19.4 Å². The summed E-state index contributed by atoms with van der Waals surface area (Å²) in [5.74, 6) is -0.237. The Kier molecular flexibility index (Phi) is 6.72. The van der Waals surface area contributed by atoms with Crippen LogP contribution in [0.2, 0.25) is 0 Å². The molecule has 0 bridgehead atoms. The second-order valence-corrected chi connectivity index (χ2v) is 5.44. The van der Waals surface area contributed by atoms with E-state index in [1.807, 2.05) is 38.1 Å². The molecule has 1 amide bonds. The summed E-state index contributed by atoms with van der Waals surface area (Å²) in [7, 11) is 1.60.